The Morgan fingerprint density at radius 3 is 2.53 bits per heavy atom. The van der Waals surface area contributed by atoms with E-state index < -0.39 is 10.0 Å². The lowest BCUT2D eigenvalue weighted by atomic mass is 10.1. The molecule has 1 heterocycles. The molecular formula is C21H36N4O4S. The molecule has 1 fully saturated rings. The smallest absolute Gasteiger partial charge is 0.218 e. The minimum absolute atomic E-state index is 0.0133. The predicted molar refractivity (Wildman–Crippen MR) is 120 cm³/mol. The summed E-state index contributed by atoms with van der Waals surface area (Å²) in [6.07, 6.45) is 1.05. The van der Waals surface area contributed by atoms with Gasteiger partial charge in [0.05, 0.1) is 25.6 Å². The molecule has 2 rings (SSSR count). The van der Waals surface area contributed by atoms with Crippen LogP contribution in [0.3, 0.4) is 0 Å². The second-order valence-corrected chi connectivity index (χ2v) is 9.65. The molecule has 0 unspecified atom stereocenters. The summed E-state index contributed by atoms with van der Waals surface area (Å²) in [5.41, 5.74) is 1.73. The molecular weight excluding hydrogens is 404 g/mol. The summed E-state index contributed by atoms with van der Waals surface area (Å²) < 4.78 is 37.9. The van der Waals surface area contributed by atoms with E-state index >= 15 is 0 Å². The van der Waals surface area contributed by atoms with Crippen LogP contribution < -0.4 is 10.6 Å². The van der Waals surface area contributed by atoms with E-state index in [0.717, 1.165) is 24.2 Å². The molecule has 30 heavy (non-hydrogen) atoms. The Labute approximate surface area is 181 Å². The Kier molecular flexibility index (Phi) is 10.6. The zero-order valence-corrected chi connectivity index (χ0v) is 19.2. The van der Waals surface area contributed by atoms with Gasteiger partial charge in [0.15, 0.2) is 5.96 Å². The molecule has 0 atom stereocenters. The fourth-order valence-electron chi connectivity index (χ4n) is 3.05. The molecule has 2 N–H and O–H groups in total. The average molecular weight is 441 g/mol. The summed E-state index contributed by atoms with van der Waals surface area (Å²) in [7, 11) is -1.66. The molecule has 0 aromatic heterocycles. The van der Waals surface area contributed by atoms with Gasteiger partial charge < -0.3 is 20.1 Å². The lowest BCUT2D eigenvalue weighted by Gasteiger charge is -2.26. The number of aliphatic imine (C=N–C) groups is 1. The van der Waals surface area contributed by atoms with Crippen LogP contribution in [0, 0.1) is 5.92 Å². The number of benzene rings is 1. The molecule has 1 aliphatic rings. The number of hydrogen-bond acceptors (Lipinski definition) is 5. The van der Waals surface area contributed by atoms with Crippen LogP contribution in [0.4, 0.5) is 0 Å². The Morgan fingerprint density at radius 1 is 1.17 bits per heavy atom. The van der Waals surface area contributed by atoms with Crippen LogP contribution in [-0.4, -0.2) is 71.8 Å². The first-order valence-electron chi connectivity index (χ1n) is 10.6. The van der Waals surface area contributed by atoms with Gasteiger partial charge in [-0.15, -0.1) is 0 Å². The molecule has 0 aliphatic carbocycles. The van der Waals surface area contributed by atoms with Gasteiger partial charge in [-0.2, -0.15) is 4.31 Å². The number of rotatable bonds is 11. The van der Waals surface area contributed by atoms with Crippen LogP contribution in [0.25, 0.3) is 0 Å². The lowest BCUT2D eigenvalue weighted by molar-refractivity contribution is 0.0729. The van der Waals surface area contributed by atoms with Crippen molar-refractivity contribution in [2.24, 2.45) is 10.9 Å². The number of hydrogen-bond donors (Lipinski definition) is 2. The highest BCUT2D eigenvalue weighted by atomic mass is 32.2. The van der Waals surface area contributed by atoms with E-state index in [2.05, 4.69) is 29.5 Å². The van der Waals surface area contributed by atoms with Gasteiger partial charge in [0, 0.05) is 39.8 Å². The van der Waals surface area contributed by atoms with Crippen molar-refractivity contribution in [2.45, 2.75) is 32.6 Å². The number of sulfonamides is 1. The van der Waals surface area contributed by atoms with Crippen LogP contribution >= 0.6 is 0 Å². The van der Waals surface area contributed by atoms with Crippen molar-refractivity contribution in [3.8, 4) is 0 Å². The topological polar surface area (TPSA) is 92.3 Å². The maximum Gasteiger partial charge on any atom is 0.218 e. The molecule has 0 saturated carbocycles. The van der Waals surface area contributed by atoms with Gasteiger partial charge in [0.2, 0.25) is 10.0 Å². The summed E-state index contributed by atoms with van der Waals surface area (Å²) in [6, 6.07) is 7.60. The lowest BCUT2D eigenvalue weighted by Crippen LogP contribution is -2.41. The van der Waals surface area contributed by atoms with Crippen LogP contribution in [0.15, 0.2) is 29.3 Å². The first-order chi connectivity index (χ1) is 14.4. The summed E-state index contributed by atoms with van der Waals surface area (Å²) in [4.78, 5) is 4.23. The highest BCUT2D eigenvalue weighted by Crippen LogP contribution is 2.16. The number of guanidine groups is 1. The van der Waals surface area contributed by atoms with Gasteiger partial charge in [-0.25, -0.2) is 8.42 Å². The average Bonchev–Trinajstić information content (AvgIpc) is 2.74. The van der Waals surface area contributed by atoms with Gasteiger partial charge in [0.25, 0.3) is 0 Å². The van der Waals surface area contributed by atoms with Crippen LogP contribution in [0.1, 0.15) is 31.4 Å². The third-order valence-electron chi connectivity index (χ3n) is 4.87. The van der Waals surface area contributed by atoms with Crippen molar-refractivity contribution in [2.75, 3.05) is 53.1 Å². The van der Waals surface area contributed by atoms with Crippen molar-refractivity contribution >= 4 is 16.0 Å². The van der Waals surface area contributed by atoms with Crippen molar-refractivity contribution in [3.05, 3.63) is 35.4 Å². The molecule has 1 saturated heterocycles. The van der Waals surface area contributed by atoms with Crippen molar-refractivity contribution in [3.63, 3.8) is 0 Å². The quantitative estimate of drug-likeness (QED) is 0.308. The fraction of sp³-hybridized carbons (Fsp3) is 0.667. The Balaban J connectivity index is 1.84. The number of nitrogens with one attached hydrogen (secondary N) is 2. The molecule has 8 nitrogen and oxygen atoms in total. The zero-order valence-electron chi connectivity index (χ0n) is 18.4. The highest BCUT2D eigenvalue weighted by molar-refractivity contribution is 7.88. The normalized spacial score (nSPS) is 16.1. The standard InChI is InChI=1S/C21H36N4O4S/c1-18(2)8-12-28-13-9-23-21(22-3)24-16-19-6-4-5-7-20(19)17-30(26,27)25-10-14-29-15-11-25/h4-7,18H,8-17H2,1-3H3,(H2,22,23,24). The van der Waals surface area contributed by atoms with Gasteiger partial charge >= 0.3 is 0 Å². The van der Waals surface area contributed by atoms with E-state index in [4.69, 9.17) is 9.47 Å². The molecule has 1 aromatic carbocycles. The van der Waals surface area contributed by atoms with E-state index in [1.807, 2.05) is 24.3 Å². The molecule has 0 amide bonds. The maximum atomic E-state index is 12.8. The molecule has 0 spiro atoms. The number of morpholine rings is 1. The SMILES string of the molecule is CN=C(NCCOCCC(C)C)NCc1ccccc1CS(=O)(=O)N1CCOCC1. The largest absolute Gasteiger partial charge is 0.380 e. The monoisotopic (exact) mass is 440 g/mol. The summed E-state index contributed by atoms with van der Waals surface area (Å²) in [6.45, 7) is 8.61. The van der Waals surface area contributed by atoms with E-state index in [1.54, 1.807) is 7.05 Å². The summed E-state index contributed by atoms with van der Waals surface area (Å²) in [5.74, 6) is 1.29. The molecule has 1 aromatic rings. The van der Waals surface area contributed by atoms with Crippen molar-refractivity contribution in [1.29, 1.82) is 0 Å². The van der Waals surface area contributed by atoms with E-state index in [9.17, 15) is 8.42 Å². The van der Waals surface area contributed by atoms with E-state index in [1.165, 1.54) is 4.31 Å². The Bertz CT molecular complexity index is 762. The molecule has 0 radical (unpaired) electrons. The predicted octanol–water partition coefficient (Wildman–Crippen LogP) is 1.58. The van der Waals surface area contributed by atoms with Gasteiger partial charge in [-0.3, -0.25) is 4.99 Å². The van der Waals surface area contributed by atoms with Crippen LogP contribution in [-0.2, 0) is 31.8 Å². The molecule has 9 heteroatoms. The fourth-order valence-corrected chi connectivity index (χ4v) is 4.61. The Morgan fingerprint density at radius 2 is 1.87 bits per heavy atom. The summed E-state index contributed by atoms with van der Waals surface area (Å²) >= 11 is 0. The van der Waals surface area contributed by atoms with E-state index in [-0.39, 0.29) is 5.75 Å². The first kappa shape index (κ1) is 24.6. The molecule has 0 bridgehead atoms. The third kappa shape index (κ3) is 8.59. The highest BCUT2D eigenvalue weighted by Gasteiger charge is 2.25. The third-order valence-corrected chi connectivity index (χ3v) is 6.70. The minimum atomic E-state index is -3.37. The van der Waals surface area contributed by atoms with Crippen LogP contribution in [0.5, 0.6) is 0 Å². The van der Waals surface area contributed by atoms with Gasteiger partial charge in [-0.1, -0.05) is 38.1 Å². The number of ether oxygens (including phenoxy) is 2. The summed E-state index contributed by atoms with van der Waals surface area (Å²) in [5, 5.41) is 6.48. The minimum Gasteiger partial charge on any atom is -0.380 e. The zero-order chi connectivity index (χ0) is 21.8. The molecule has 170 valence electrons. The second kappa shape index (κ2) is 12.9. The Hall–Kier alpha value is -1.68. The van der Waals surface area contributed by atoms with Crippen molar-refractivity contribution < 1.29 is 17.9 Å². The van der Waals surface area contributed by atoms with E-state index in [0.29, 0.717) is 57.9 Å². The molecule has 1 aliphatic heterocycles. The second-order valence-electron chi connectivity index (χ2n) is 7.68. The van der Waals surface area contributed by atoms with Gasteiger partial charge in [-0.05, 0) is 23.5 Å². The van der Waals surface area contributed by atoms with Gasteiger partial charge in [0.1, 0.15) is 0 Å². The number of nitrogens with zero attached hydrogens (tertiary/aromatic N) is 2. The van der Waals surface area contributed by atoms with Crippen molar-refractivity contribution in [1.82, 2.24) is 14.9 Å². The maximum absolute atomic E-state index is 12.8. The van der Waals surface area contributed by atoms with Crippen LogP contribution in [0.2, 0.25) is 0 Å². The first-order valence-corrected chi connectivity index (χ1v) is 12.2.